The van der Waals surface area contributed by atoms with Gasteiger partial charge in [-0.3, -0.25) is 4.79 Å². The molecule has 1 aromatic heterocycles. The smallest absolute Gasteiger partial charge is 0.438 e. The number of unbranched alkanes of at least 4 members (excludes halogenated alkanes) is 1. The standard InChI is InChI=1S/C14H17F3N2O3/c1-3-4-5-10-8-13(21,14(15,16)17)19(18-10)12(20)11-7-6-9(2)22-11/h6-7,21H,3-5,8H2,1-2H3. The zero-order chi connectivity index (χ0) is 16.5. The van der Waals surface area contributed by atoms with Crippen LogP contribution in [0.25, 0.3) is 0 Å². The number of hydrazone groups is 1. The van der Waals surface area contributed by atoms with Gasteiger partial charge in [0.25, 0.3) is 5.72 Å². The average Bonchev–Trinajstić information content (AvgIpc) is 3.00. The Bertz CT molecular complexity index is 594. The first-order valence-corrected chi connectivity index (χ1v) is 6.95. The highest BCUT2D eigenvalue weighted by atomic mass is 19.4. The van der Waals surface area contributed by atoms with Gasteiger partial charge in [-0.25, -0.2) is 0 Å². The molecule has 1 aliphatic heterocycles. The summed E-state index contributed by atoms with van der Waals surface area (Å²) in [4.78, 5) is 12.2. The first-order chi connectivity index (χ1) is 10.2. The Labute approximate surface area is 125 Å². The minimum absolute atomic E-state index is 0.0935. The van der Waals surface area contributed by atoms with Gasteiger partial charge in [0.15, 0.2) is 5.76 Å². The summed E-state index contributed by atoms with van der Waals surface area (Å²) in [6, 6.07) is 2.71. The van der Waals surface area contributed by atoms with Crippen LogP contribution < -0.4 is 0 Å². The Balaban J connectivity index is 2.34. The molecule has 2 heterocycles. The topological polar surface area (TPSA) is 66.0 Å². The number of carbonyl (C=O) groups is 1. The second kappa shape index (κ2) is 5.75. The van der Waals surface area contributed by atoms with E-state index in [9.17, 15) is 23.1 Å². The van der Waals surface area contributed by atoms with Gasteiger partial charge in [0, 0.05) is 12.1 Å². The molecule has 1 amide bonds. The van der Waals surface area contributed by atoms with Crippen molar-refractivity contribution < 1.29 is 27.5 Å². The largest absolute Gasteiger partial charge is 0.456 e. The number of halogens is 3. The van der Waals surface area contributed by atoms with E-state index in [1.165, 1.54) is 12.1 Å². The molecule has 1 N–H and O–H groups in total. The van der Waals surface area contributed by atoms with Gasteiger partial charge in [0.1, 0.15) is 5.76 Å². The Kier molecular flexibility index (Phi) is 4.32. The normalized spacial score (nSPS) is 22.1. The first-order valence-electron chi connectivity index (χ1n) is 6.95. The van der Waals surface area contributed by atoms with Crippen LogP contribution in [-0.2, 0) is 0 Å². The molecule has 2 rings (SSSR count). The minimum Gasteiger partial charge on any atom is -0.456 e. The lowest BCUT2D eigenvalue weighted by molar-refractivity contribution is -0.297. The third kappa shape index (κ3) is 2.87. The summed E-state index contributed by atoms with van der Waals surface area (Å²) in [5.41, 5.74) is -3.17. The third-order valence-electron chi connectivity index (χ3n) is 3.46. The van der Waals surface area contributed by atoms with Crippen LogP contribution >= 0.6 is 0 Å². The van der Waals surface area contributed by atoms with Gasteiger partial charge < -0.3 is 9.52 Å². The Hall–Kier alpha value is -1.83. The average molecular weight is 318 g/mol. The van der Waals surface area contributed by atoms with Crippen LogP contribution in [-0.4, -0.2) is 33.6 Å². The van der Waals surface area contributed by atoms with E-state index in [-0.39, 0.29) is 16.5 Å². The molecule has 8 heteroatoms. The predicted octanol–water partition coefficient (Wildman–Crippen LogP) is 3.23. The van der Waals surface area contributed by atoms with Crippen molar-refractivity contribution in [2.45, 2.75) is 51.4 Å². The third-order valence-corrected chi connectivity index (χ3v) is 3.46. The molecule has 1 aliphatic rings. The van der Waals surface area contributed by atoms with Crippen molar-refractivity contribution in [1.29, 1.82) is 0 Å². The second-order valence-electron chi connectivity index (χ2n) is 5.29. The van der Waals surface area contributed by atoms with E-state index < -0.39 is 24.2 Å². The van der Waals surface area contributed by atoms with E-state index in [1.807, 2.05) is 6.92 Å². The van der Waals surface area contributed by atoms with Crippen molar-refractivity contribution in [3.05, 3.63) is 23.7 Å². The van der Waals surface area contributed by atoms with Crippen molar-refractivity contribution in [2.75, 3.05) is 0 Å². The molecule has 122 valence electrons. The fourth-order valence-electron chi connectivity index (χ4n) is 2.23. The quantitative estimate of drug-likeness (QED) is 0.927. The number of hydrogen-bond donors (Lipinski definition) is 1. The zero-order valence-electron chi connectivity index (χ0n) is 12.3. The molecule has 0 saturated carbocycles. The first kappa shape index (κ1) is 16.5. The highest BCUT2D eigenvalue weighted by Crippen LogP contribution is 2.41. The fourth-order valence-corrected chi connectivity index (χ4v) is 2.23. The molecule has 22 heavy (non-hydrogen) atoms. The number of alkyl halides is 3. The summed E-state index contributed by atoms with van der Waals surface area (Å²) in [6.07, 6.45) is -4.04. The lowest BCUT2D eigenvalue weighted by Crippen LogP contribution is -2.56. The van der Waals surface area contributed by atoms with Crippen molar-refractivity contribution >= 4 is 11.6 Å². The fraction of sp³-hybridized carbons (Fsp3) is 0.571. The molecule has 1 aromatic rings. The van der Waals surface area contributed by atoms with Crippen molar-refractivity contribution in [3.63, 3.8) is 0 Å². The van der Waals surface area contributed by atoms with E-state index in [4.69, 9.17) is 4.42 Å². The number of amides is 1. The molecule has 0 aromatic carbocycles. The van der Waals surface area contributed by atoms with Crippen LogP contribution in [0.4, 0.5) is 13.2 Å². The van der Waals surface area contributed by atoms with Crippen molar-refractivity contribution in [2.24, 2.45) is 5.10 Å². The number of hydrogen-bond acceptors (Lipinski definition) is 4. The number of aliphatic hydroxyl groups is 1. The van der Waals surface area contributed by atoms with Gasteiger partial charge in [0.05, 0.1) is 0 Å². The molecule has 0 bridgehead atoms. The summed E-state index contributed by atoms with van der Waals surface area (Å²) in [5.74, 6) is -1.02. The van der Waals surface area contributed by atoms with Crippen molar-refractivity contribution in [3.8, 4) is 0 Å². The molecule has 1 unspecified atom stereocenters. The van der Waals surface area contributed by atoms with E-state index in [2.05, 4.69) is 5.10 Å². The zero-order valence-corrected chi connectivity index (χ0v) is 12.3. The number of carbonyl (C=O) groups excluding carboxylic acids is 1. The van der Waals surface area contributed by atoms with Crippen LogP contribution in [0.2, 0.25) is 0 Å². The summed E-state index contributed by atoms with van der Waals surface area (Å²) in [6.45, 7) is 3.45. The van der Waals surface area contributed by atoms with Gasteiger partial charge in [-0.15, -0.1) is 0 Å². The van der Waals surface area contributed by atoms with Crippen LogP contribution in [0.1, 0.15) is 48.9 Å². The summed E-state index contributed by atoms with van der Waals surface area (Å²) in [5, 5.41) is 13.8. The van der Waals surface area contributed by atoms with E-state index in [1.54, 1.807) is 6.92 Å². The molecule has 0 saturated heterocycles. The maximum absolute atomic E-state index is 13.2. The molecular weight excluding hydrogens is 301 g/mol. The Morgan fingerprint density at radius 2 is 2.18 bits per heavy atom. The summed E-state index contributed by atoms with van der Waals surface area (Å²) >= 11 is 0. The lowest BCUT2D eigenvalue weighted by atomic mass is 10.0. The molecular formula is C14H17F3N2O3. The van der Waals surface area contributed by atoms with Gasteiger partial charge in [0.2, 0.25) is 0 Å². The van der Waals surface area contributed by atoms with Crippen LogP contribution in [0.3, 0.4) is 0 Å². The van der Waals surface area contributed by atoms with Crippen LogP contribution in [0.15, 0.2) is 21.7 Å². The second-order valence-corrected chi connectivity index (χ2v) is 5.29. The molecule has 1 atom stereocenters. The highest BCUT2D eigenvalue weighted by Gasteiger charge is 2.63. The van der Waals surface area contributed by atoms with Crippen LogP contribution in [0.5, 0.6) is 0 Å². The van der Waals surface area contributed by atoms with Gasteiger partial charge >= 0.3 is 12.1 Å². The Morgan fingerprint density at radius 1 is 1.50 bits per heavy atom. The van der Waals surface area contributed by atoms with Crippen molar-refractivity contribution in [1.82, 2.24) is 5.01 Å². The lowest BCUT2D eigenvalue weighted by Gasteiger charge is -2.32. The highest BCUT2D eigenvalue weighted by molar-refractivity contribution is 5.96. The summed E-state index contributed by atoms with van der Waals surface area (Å²) < 4.78 is 44.7. The molecule has 0 aliphatic carbocycles. The SMILES string of the molecule is CCCCC1=NN(C(=O)c2ccc(C)o2)C(O)(C(F)(F)F)C1. The maximum atomic E-state index is 13.2. The molecule has 0 fully saturated rings. The van der Waals surface area contributed by atoms with Crippen LogP contribution in [0, 0.1) is 6.92 Å². The number of nitrogens with zero attached hydrogens (tertiary/aromatic N) is 2. The van der Waals surface area contributed by atoms with Gasteiger partial charge in [-0.1, -0.05) is 13.3 Å². The number of aryl methyl sites for hydroxylation is 1. The minimum atomic E-state index is -5.01. The van der Waals surface area contributed by atoms with E-state index in [0.717, 1.165) is 6.42 Å². The molecule has 5 nitrogen and oxygen atoms in total. The number of furan rings is 1. The van der Waals surface area contributed by atoms with Gasteiger partial charge in [-0.2, -0.15) is 23.3 Å². The van der Waals surface area contributed by atoms with Gasteiger partial charge in [-0.05, 0) is 31.9 Å². The number of rotatable bonds is 4. The predicted molar refractivity (Wildman–Crippen MR) is 72.2 cm³/mol. The molecule has 0 radical (unpaired) electrons. The summed E-state index contributed by atoms with van der Waals surface area (Å²) in [7, 11) is 0. The molecule has 0 spiro atoms. The van der Waals surface area contributed by atoms with E-state index in [0.29, 0.717) is 18.6 Å². The maximum Gasteiger partial charge on any atom is 0.438 e. The van der Waals surface area contributed by atoms with E-state index >= 15 is 0 Å². The Morgan fingerprint density at radius 3 is 2.68 bits per heavy atom. The monoisotopic (exact) mass is 318 g/mol.